The van der Waals surface area contributed by atoms with Crippen LogP contribution in [0.15, 0.2) is 24.3 Å². The first-order chi connectivity index (χ1) is 10.5. The summed E-state index contributed by atoms with van der Waals surface area (Å²) < 4.78 is 12.9. The van der Waals surface area contributed by atoms with E-state index in [0.29, 0.717) is 18.7 Å². The Morgan fingerprint density at radius 2 is 2.05 bits per heavy atom. The lowest BCUT2D eigenvalue weighted by Crippen LogP contribution is -2.47. The van der Waals surface area contributed by atoms with Crippen molar-refractivity contribution in [3.8, 4) is 0 Å². The maximum absolute atomic E-state index is 12.9. The third-order valence-corrected chi connectivity index (χ3v) is 4.17. The zero-order valence-corrected chi connectivity index (χ0v) is 13.1. The van der Waals surface area contributed by atoms with Crippen LogP contribution in [0.2, 0.25) is 0 Å². The number of nitrogens with one attached hydrogen (secondary N) is 1. The Morgan fingerprint density at radius 3 is 2.68 bits per heavy atom. The average molecular weight is 306 g/mol. The normalized spacial score (nSPS) is 19.6. The third-order valence-electron chi connectivity index (χ3n) is 4.17. The summed E-state index contributed by atoms with van der Waals surface area (Å²) in [5.74, 6) is -0.639. The second kappa shape index (κ2) is 7.38. The van der Waals surface area contributed by atoms with Crippen molar-refractivity contribution in [3.63, 3.8) is 0 Å². The number of rotatable bonds is 4. The average Bonchev–Trinajstić information content (AvgIpc) is 2.54. The summed E-state index contributed by atoms with van der Waals surface area (Å²) in [4.78, 5) is 26.3. The van der Waals surface area contributed by atoms with Gasteiger partial charge in [-0.25, -0.2) is 4.39 Å². The molecule has 1 aliphatic heterocycles. The van der Waals surface area contributed by atoms with Crippen LogP contribution < -0.4 is 5.32 Å². The van der Waals surface area contributed by atoms with Crippen molar-refractivity contribution in [2.75, 3.05) is 13.1 Å². The smallest absolute Gasteiger partial charge is 0.253 e. The minimum absolute atomic E-state index is 0.0194. The molecule has 4 nitrogen and oxygen atoms in total. The van der Waals surface area contributed by atoms with Crippen molar-refractivity contribution in [2.24, 2.45) is 5.92 Å². The van der Waals surface area contributed by atoms with E-state index in [9.17, 15) is 14.0 Å². The number of carbonyl (C=O) groups is 2. The molecule has 0 saturated carbocycles. The molecule has 0 radical (unpaired) electrons. The van der Waals surface area contributed by atoms with Crippen molar-refractivity contribution in [2.45, 2.75) is 39.2 Å². The number of carbonyl (C=O) groups excluding carboxylic acids is 2. The van der Waals surface area contributed by atoms with Crippen molar-refractivity contribution < 1.29 is 14.0 Å². The molecular formula is C17H23FN2O2. The lowest BCUT2D eigenvalue weighted by Gasteiger charge is -2.32. The molecule has 22 heavy (non-hydrogen) atoms. The second-order valence-corrected chi connectivity index (χ2v) is 5.92. The number of benzene rings is 1. The molecule has 2 rings (SSSR count). The molecule has 2 atom stereocenters. The minimum atomic E-state index is -0.360. The zero-order valence-electron chi connectivity index (χ0n) is 13.1. The van der Waals surface area contributed by atoms with Crippen LogP contribution in [-0.2, 0) is 4.79 Å². The molecule has 0 spiro atoms. The van der Waals surface area contributed by atoms with Crippen LogP contribution in [0.4, 0.5) is 4.39 Å². The molecule has 1 aromatic rings. The van der Waals surface area contributed by atoms with Crippen LogP contribution in [0.1, 0.15) is 43.5 Å². The molecule has 0 unspecified atom stereocenters. The first kappa shape index (κ1) is 16.5. The lowest BCUT2D eigenvalue weighted by molar-refractivity contribution is -0.126. The van der Waals surface area contributed by atoms with E-state index in [1.54, 1.807) is 4.90 Å². The van der Waals surface area contributed by atoms with Crippen LogP contribution in [0.25, 0.3) is 0 Å². The summed E-state index contributed by atoms with van der Waals surface area (Å²) in [6.07, 6.45) is 2.50. The van der Waals surface area contributed by atoms with Crippen molar-refractivity contribution in [1.82, 2.24) is 10.2 Å². The van der Waals surface area contributed by atoms with E-state index in [4.69, 9.17) is 0 Å². The van der Waals surface area contributed by atoms with Gasteiger partial charge in [-0.3, -0.25) is 9.59 Å². The van der Waals surface area contributed by atoms with Gasteiger partial charge in [0.25, 0.3) is 5.91 Å². The SMILES string of the molecule is CC[C@H](C)NC(=O)[C@@H]1CCCN(C(=O)c2ccc(F)cc2)C1. The van der Waals surface area contributed by atoms with Crippen molar-refractivity contribution in [1.29, 1.82) is 0 Å². The highest BCUT2D eigenvalue weighted by Gasteiger charge is 2.29. The molecule has 0 aromatic heterocycles. The molecule has 0 aliphatic carbocycles. The fourth-order valence-electron chi connectivity index (χ4n) is 2.61. The molecule has 1 aliphatic rings. The fraction of sp³-hybridized carbons (Fsp3) is 0.529. The molecule has 120 valence electrons. The standard InChI is InChI=1S/C17H23FN2O2/c1-3-12(2)19-16(21)14-5-4-10-20(11-14)17(22)13-6-8-15(18)9-7-13/h6-9,12,14H,3-5,10-11H2,1-2H3,(H,19,21)/t12-,14+/m0/s1. The Balaban J connectivity index is 1.99. The van der Waals surface area contributed by atoms with Gasteiger partial charge in [-0.2, -0.15) is 0 Å². The van der Waals surface area contributed by atoms with Gasteiger partial charge in [0, 0.05) is 24.7 Å². The first-order valence-corrected chi connectivity index (χ1v) is 7.86. The van der Waals surface area contributed by atoms with E-state index >= 15 is 0 Å². The Bertz CT molecular complexity index is 530. The molecule has 2 amide bonds. The first-order valence-electron chi connectivity index (χ1n) is 7.86. The monoisotopic (exact) mass is 306 g/mol. The number of amides is 2. The van der Waals surface area contributed by atoms with Gasteiger partial charge in [-0.05, 0) is 50.5 Å². The van der Waals surface area contributed by atoms with E-state index in [0.717, 1.165) is 19.3 Å². The number of nitrogens with zero attached hydrogens (tertiary/aromatic N) is 1. The molecule has 1 N–H and O–H groups in total. The van der Waals surface area contributed by atoms with Gasteiger partial charge in [0.2, 0.25) is 5.91 Å². The van der Waals surface area contributed by atoms with Gasteiger partial charge < -0.3 is 10.2 Å². The Morgan fingerprint density at radius 1 is 1.36 bits per heavy atom. The molecule has 1 fully saturated rings. The van der Waals surface area contributed by atoms with Crippen LogP contribution in [0.5, 0.6) is 0 Å². The highest BCUT2D eigenvalue weighted by atomic mass is 19.1. The lowest BCUT2D eigenvalue weighted by atomic mass is 9.96. The van der Waals surface area contributed by atoms with Crippen molar-refractivity contribution in [3.05, 3.63) is 35.6 Å². The van der Waals surface area contributed by atoms with E-state index in [-0.39, 0.29) is 29.6 Å². The van der Waals surface area contributed by atoms with E-state index < -0.39 is 0 Å². The van der Waals surface area contributed by atoms with Gasteiger partial charge in [0.1, 0.15) is 5.82 Å². The maximum Gasteiger partial charge on any atom is 0.253 e. The van der Waals surface area contributed by atoms with Crippen molar-refractivity contribution >= 4 is 11.8 Å². The molecular weight excluding hydrogens is 283 g/mol. The summed E-state index contributed by atoms with van der Waals surface area (Å²) in [6.45, 7) is 5.07. The van der Waals surface area contributed by atoms with Crippen LogP contribution >= 0.6 is 0 Å². The highest BCUT2D eigenvalue weighted by Crippen LogP contribution is 2.19. The topological polar surface area (TPSA) is 49.4 Å². The van der Waals surface area contributed by atoms with E-state index in [2.05, 4.69) is 5.32 Å². The van der Waals surface area contributed by atoms with Gasteiger partial charge in [-0.15, -0.1) is 0 Å². The summed E-state index contributed by atoms with van der Waals surface area (Å²) in [7, 11) is 0. The van der Waals surface area contributed by atoms with E-state index in [1.807, 2.05) is 13.8 Å². The van der Waals surface area contributed by atoms with Gasteiger partial charge in [0.05, 0.1) is 5.92 Å². The van der Waals surface area contributed by atoms with Crippen LogP contribution in [0.3, 0.4) is 0 Å². The fourth-order valence-corrected chi connectivity index (χ4v) is 2.61. The minimum Gasteiger partial charge on any atom is -0.353 e. The zero-order chi connectivity index (χ0) is 16.1. The number of hydrogen-bond donors (Lipinski definition) is 1. The maximum atomic E-state index is 12.9. The summed E-state index contributed by atoms with van der Waals surface area (Å²) >= 11 is 0. The number of hydrogen-bond acceptors (Lipinski definition) is 2. The van der Waals surface area contributed by atoms with Gasteiger partial charge >= 0.3 is 0 Å². The molecule has 5 heteroatoms. The molecule has 1 saturated heterocycles. The molecule has 1 aromatic carbocycles. The summed E-state index contributed by atoms with van der Waals surface area (Å²) in [5, 5.41) is 2.98. The third kappa shape index (κ3) is 4.06. The summed E-state index contributed by atoms with van der Waals surface area (Å²) in [6, 6.07) is 5.69. The molecule has 1 heterocycles. The van der Waals surface area contributed by atoms with Gasteiger partial charge in [-0.1, -0.05) is 6.92 Å². The quantitative estimate of drug-likeness (QED) is 0.929. The summed E-state index contributed by atoms with van der Waals surface area (Å²) in [5.41, 5.74) is 0.462. The Kier molecular flexibility index (Phi) is 5.52. The van der Waals surface area contributed by atoms with Crippen LogP contribution in [0, 0.1) is 11.7 Å². The van der Waals surface area contributed by atoms with Crippen LogP contribution in [-0.4, -0.2) is 35.8 Å². The van der Waals surface area contributed by atoms with E-state index in [1.165, 1.54) is 24.3 Å². The van der Waals surface area contributed by atoms with Gasteiger partial charge in [0.15, 0.2) is 0 Å². The highest BCUT2D eigenvalue weighted by molar-refractivity contribution is 5.94. The largest absolute Gasteiger partial charge is 0.353 e. The Hall–Kier alpha value is -1.91. The predicted molar refractivity (Wildman–Crippen MR) is 82.9 cm³/mol. The molecule has 0 bridgehead atoms. The predicted octanol–water partition coefficient (Wildman–Crippen LogP) is 2.59. The number of piperidine rings is 1. The second-order valence-electron chi connectivity index (χ2n) is 5.92. The Labute approximate surface area is 130 Å². The number of halogens is 1. The number of likely N-dealkylation sites (tertiary alicyclic amines) is 1.